The van der Waals surface area contributed by atoms with Gasteiger partial charge >= 0.3 is 6.18 Å². The molecule has 0 bridgehead atoms. The molecule has 0 heterocycles. The molecule has 0 unspecified atom stereocenters. The molecule has 7 heteroatoms. The molecular formula is C14H11F3N2O2. The average Bonchev–Trinajstić information content (AvgIpc) is 2.45. The maximum absolute atomic E-state index is 12.5. The Morgan fingerprint density at radius 1 is 1.05 bits per heavy atom. The summed E-state index contributed by atoms with van der Waals surface area (Å²) in [6.07, 6.45) is -4.38. The van der Waals surface area contributed by atoms with Crippen LogP contribution < -0.4 is 5.32 Å². The number of rotatable bonds is 3. The van der Waals surface area contributed by atoms with Crippen LogP contribution in [0.5, 0.6) is 0 Å². The molecule has 0 radical (unpaired) electrons. The highest BCUT2D eigenvalue weighted by molar-refractivity contribution is 5.74. The van der Waals surface area contributed by atoms with E-state index in [1.165, 1.54) is 30.3 Å². The number of hydrogen-bond donors (Lipinski definition) is 1. The lowest BCUT2D eigenvalue weighted by atomic mass is 10.0. The van der Waals surface area contributed by atoms with Crippen LogP contribution in [0.1, 0.15) is 5.56 Å². The maximum Gasteiger partial charge on any atom is 0.416 e. The molecule has 0 fully saturated rings. The van der Waals surface area contributed by atoms with Crippen molar-refractivity contribution in [3.05, 3.63) is 58.1 Å². The van der Waals surface area contributed by atoms with E-state index in [0.29, 0.717) is 16.8 Å². The number of nitro benzene ring substituents is 1. The molecule has 2 aromatic carbocycles. The smallest absolute Gasteiger partial charge is 0.383 e. The third kappa shape index (κ3) is 3.13. The second-order valence-corrected chi connectivity index (χ2v) is 4.31. The van der Waals surface area contributed by atoms with Crippen molar-refractivity contribution in [1.29, 1.82) is 0 Å². The molecule has 0 amide bonds. The summed E-state index contributed by atoms with van der Waals surface area (Å²) >= 11 is 0. The molecule has 2 aromatic rings. The second-order valence-electron chi connectivity index (χ2n) is 4.31. The van der Waals surface area contributed by atoms with Gasteiger partial charge in [-0.1, -0.05) is 12.1 Å². The molecule has 0 aliphatic carbocycles. The highest BCUT2D eigenvalue weighted by Gasteiger charge is 2.30. The molecular weight excluding hydrogens is 285 g/mol. The SMILES string of the molecule is CNc1cc(-c2ccc(C(F)(F)F)cc2)ccc1[N+](=O)[O-]. The predicted molar refractivity (Wildman–Crippen MR) is 73.1 cm³/mol. The normalized spacial score (nSPS) is 11.2. The van der Waals surface area contributed by atoms with Crippen LogP contribution >= 0.6 is 0 Å². The van der Waals surface area contributed by atoms with Crippen molar-refractivity contribution in [1.82, 2.24) is 0 Å². The van der Waals surface area contributed by atoms with E-state index in [1.54, 1.807) is 7.05 Å². The molecule has 0 spiro atoms. The fraction of sp³-hybridized carbons (Fsp3) is 0.143. The molecule has 0 atom stereocenters. The van der Waals surface area contributed by atoms with Crippen LogP contribution in [-0.4, -0.2) is 12.0 Å². The van der Waals surface area contributed by atoms with Crippen LogP contribution in [0, 0.1) is 10.1 Å². The molecule has 1 N–H and O–H groups in total. The van der Waals surface area contributed by atoms with Gasteiger partial charge in [-0.2, -0.15) is 13.2 Å². The van der Waals surface area contributed by atoms with E-state index in [4.69, 9.17) is 0 Å². The van der Waals surface area contributed by atoms with E-state index in [-0.39, 0.29) is 5.69 Å². The second kappa shape index (κ2) is 5.43. The third-order valence-corrected chi connectivity index (χ3v) is 3.01. The highest BCUT2D eigenvalue weighted by Crippen LogP contribution is 2.33. The summed E-state index contributed by atoms with van der Waals surface area (Å²) in [6.45, 7) is 0. The first-order valence-electron chi connectivity index (χ1n) is 5.97. The summed E-state index contributed by atoms with van der Waals surface area (Å²) in [5.41, 5.74) is 0.626. The maximum atomic E-state index is 12.5. The largest absolute Gasteiger partial charge is 0.416 e. The summed E-state index contributed by atoms with van der Waals surface area (Å²) in [6, 6.07) is 8.99. The Morgan fingerprint density at radius 3 is 2.10 bits per heavy atom. The van der Waals surface area contributed by atoms with Gasteiger partial charge in [0.1, 0.15) is 5.69 Å². The summed E-state index contributed by atoms with van der Waals surface area (Å²) < 4.78 is 37.5. The van der Waals surface area contributed by atoms with Crippen molar-refractivity contribution in [3.8, 4) is 11.1 Å². The Labute approximate surface area is 118 Å². The van der Waals surface area contributed by atoms with Crippen molar-refractivity contribution in [2.75, 3.05) is 12.4 Å². The van der Waals surface area contributed by atoms with Crippen LogP contribution in [0.25, 0.3) is 11.1 Å². The van der Waals surface area contributed by atoms with Crippen molar-refractivity contribution in [3.63, 3.8) is 0 Å². The van der Waals surface area contributed by atoms with Gasteiger partial charge in [-0.15, -0.1) is 0 Å². The average molecular weight is 296 g/mol. The van der Waals surface area contributed by atoms with Crippen molar-refractivity contribution in [2.45, 2.75) is 6.18 Å². The van der Waals surface area contributed by atoms with Crippen molar-refractivity contribution < 1.29 is 18.1 Å². The number of halogens is 3. The topological polar surface area (TPSA) is 55.2 Å². The minimum atomic E-state index is -4.38. The molecule has 0 aliphatic rings. The Bertz CT molecular complexity index is 667. The fourth-order valence-corrected chi connectivity index (χ4v) is 1.93. The highest BCUT2D eigenvalue weighted by atomic mass is 19.4. The van der Waals surface area contributed by atoms with Crippen LogP contribution in [0.2, 0.25) is 0 Å². The lowest BCUT2D eigenvalue weighted by Gasteiger charge is -2.09. The molecule has 0 saturated heterocycles. The zero-order chi connectivity index (χ0) is 15.6. The molecule has 21 heavy (non-hydrogen) atoms. The van der Waals surface area contributed by atoms with Crippen LogP contribution in [0.3, 0.4) is 0 Å². The fourth-order valence-electron chi connectivity index (χ4n) is 1.93. The monoisotopic (exact) mass is 296 g/mol. The number of nitrogens with one attached hydrogen (secondary N) is 1. The Hall–Kier alpha value is -2.57. The van der Waals surface area contributed by atoms with Crippen molar-refractivity contribution >= 4 is 11.4 Å². The standard InChI is InChI=1S/C14H11F3N2O2/c1-18-12-8-10(4-7-13(12)19(20)21)9-2-5-11(6-3-9)14(15,16)17/h2-8,18H,1H3. The van der Waals surface area contributed by atoms with Crippen LogP contribution in [0.15, 0.2) is 42.5 Å². The van der Waals surface area contributed by atoms with Crippen LogP contribution in [0.4, 0.5) is 24.5 Å². The minimum Gasteiger partial charge on any atom is -0.383 e. The van der Waals surface area contributed by atoms with E-state index in [0.717, 1.165) is 12.1 Å². The van der Waals surface area contributed by atoms with E-state index < -0.39 is 16.7 Å². The summed E-state index contributed by atoms with van der Waals surface area (Å²) in [7, 11) is 1.54. The first kappa shape index (κ1) is 14.8. The number of alkyl halides is 3. The molecule has 0 saturated carbocycles. The van der Waals surface area contributed by atoms with Crippen LogP contribution in [-0.2, 0) is 6.18 Å². The lowest BCUT2D eigenvalue weighted by Crippen LogP contribution is -2.04. The predicted octanol–water partition coefficient (Wildman–Crippen LogP) is 4.32. The molecule has 0 aromatic heterocycles. The number of benzene rings is 2. The number of anilines is 1. The number of nitro groups is 1. The molecule has 2 rings (SSSR count). The van der Waals surface area contributed by atoms with Gasteiger partial charge in [-0.25, -0.2) is 0 Å². The first-order valence-corrected chi connectivity index (χ1v) is 5.97. The third-order valence-electron chi connectivity index (χ3n) is 3.01. The Balaban J connectivity index is 2.41. The Kier molecular flexibility index (Phi) is 3.84. The summed E-state index contributed by atoms with van der Waals surface area (Å²) in [4.78, 5) is 10.3. The minimum absolute atomic E-state index is 0.0897. The van der Waals surface area contributed by atoms with Gasteiger partial charge in [-0.05, 0) is 35.4 Å². The van der Waals surface area contributed by atoms with Gasteiger partial charge in [0, 0.05) is 13.1 Å². The van der Waals surface area contributed by atoms with Gasteiger partial charge < -0.3 is 5.32 Å². The zero-order valence-electron chi connectivity index (χ0n) is 10.9. The van der Waals surface area contributed by atoms with Gasteiger partial charge in [-0.3, -0.25) is 10.1 Å². The molecule has 4 nitrogen and oxygen atoms in total. The van der Waals surface area contributed by atoms with Crippen molar-refractivity contribution in [2.24, 2.45) is 0 Å². The van der Waals surface area contributed by atoms with E-state index >= 15 is 0 Å². The molecule has 0 aliphatic heterocycles. The van der Waals surface area contributed by atoms with Gasteiger partial charge in [0.05, 0.1) is 10.5 Å². The molecule has 110 valence electrons. The van der Waals surface area contributed by atoms with Gasteiger partial charge in [0.15, 0.2) is 0 Å². The first-order chi connectivity index (χ1) is 9.82. The van der Waals surface area contributed by atoms with E-state index in [9.17, 15) is 23.3 Å². The van der Waals surface area contributed by atoms with Gasteiger partial charge in [0.25, 0.3) is 5.69 Å². The quantitative estimate of drug-likeness (QED) is 0.677. The lowest BCUT2D eigenvalue weighted by molar-refractivity contribution is -0.383. The summed E-state index contributed by atoms with van der Waals surface area (Å²) in [5.74, 6) is 0. The zero-order valence-corrected chi connectivity index (χ0v) is 10.9. The van der Waals surface area contributed by atoms with E-state index in [2.05, 4.69) is 5.32 Å². The Morgan fingerprint density at radius 2 is 1.62 bits per heavy atom. The van der Waals surface area contributed by atoms with E-state index in [1.807, 2.05) is 0 Å². The summed E-state index contributed by atoms with van der Waals surface area (Å²) in [5, 5.41) is 13.5. The number of nitrogens with zero attached hydrogens (tertiary/aromatic N) is 1. The number of hydrogen-bond acceptors (Lipinski definition) is 3. The van der Waals surface area contributed by atoms with Gasteiger partial charge in [0.2, 0.25) is 0 Å².